The van der Waals surface area contributed by atoms with Crippen molar-refractivity contribution in [3.63, 3.8) is 0 Å². The molecule has 0 spiro atoms. The lowest BCUT2D eigenvalue weighted by Gasteiger charge is -2.19. The second-order valence-corrected chi connectivity index (χ2v) is 10.0. The monoisotopic (exact) mass is 358 g/mol. The quantitative estimate of drug-likeness (QED) is 0.656. The molecule has 2 aromatic carbocycles. The Morgan fingerprint density at radius 1 is 0.920 bits per heavy atom. The van der Waals surface area contributed by atoms with Crippen molar-refractivity contribution in [1.82, 2.24) is 0 Å². The number of carbonyl (C=O) groups is 1. The summed E-state index contributed by atoms with van der Waals surface area (Å²) < 4.78 is 18.8. The van der Waals surface area contributed by atoms with E-state index in [1.807, 2.05) is 58.9 Å². The average Bonchev–Trinajstić information content (AvgIpc) is 2.48. The van der Waals surface area contributed by atoms with Crippen molar-refractivity contribution >= 4 is 12.7 Å². The van der Waals surface area contributed by atoms with E-state index in [0.717, 1.165) is 33.4 Å². The molecule has 0 fully saturated rings. The predicted octanol–water partition coefficient (Wildman–Crippen LogP) is 5.57. The van der Waals surface area contributed by atoms with Gasteiger partial charge in [0.05, 0.1) is 7.11 Å². The third-order valence-corrected chi connectivity index (χ3v) is 6.58. The molecule has 0 aliphatic rings. The highest BCUT2D eigenvalue weighted by molar-refractivity contribution is 7.79. The normalized spacial score (nSPS) is 13.4. The van der Waals surface area contributed by atoms with Crippen molar-refractivity contribution < 1.29 is 14.1 Å². The fourth-order valence-corrected chi connectivity index (χ4v) is 5.45. The van der Waals surface area contributed by atoms with Crippen molar-refractivity contribution in [2.24, 2.45) is 0 Å². The number of methoxy groups -OCH3 is 1. The molecule has 1 unspecified atom stereocenters. The molecule has 2 aromatic rings. The van der Waals surface area contributed by atoms with Crippen molar-refractivity contribution in [2.75, 3.05) is 13.8 Å². The van der Waals surface area contributed by atoms with E-state index in [1.165, 1.54) is 0 Å². The van der Waals surface area contributed by atoms with E-state index in [4.69, 9.17) is 4.74 Å². The lowest BCUT2D eigenvalue weighted by atomic mass is 10.0. The van der Waals surface area contributed by atoms with Gasteiger partial charge in [0.15, 0.2) is 7.14 Å². The molecule has 2 rings (SSSR count). The molecule has 4 heteroatoms. The van der Waals surface area contributed by atoms with Crippen LogP contribution in [0.4, 0.5) is 0 Å². The summed E-state index contributed by atoms with van der Waals surface area (Å²) in [6.07, 6.45) is 0.216. The van der Waals surface area contributed by atoms with Gasteiger partial charge in [0.2, 0.25) is 5.52 Å². The summed E-state index contributed by atoms with van der Waals surface area (Å²) >= 11 is 0. The van der Waals surface area contributed by atoms with E-state index in [-0.39, 0.29) is 11.7 Å². The maximum absolute atomic E-state index is 13.4. The molecule has 0 radical (unpaired) electrons. The van der Waals surface area contributed by atoms with Crippen LogP contribution >= 0.6 is 7.14 Å². The average molecular weight is 358 g/mol. The SMILES string of the molecule is COc1cc(C)cc(C)c1CP(C)(=O)C(=O)c1c(C)cc(C)cc1C. The maximum atomic E-state index is 13.4. The summed E-state index contributed by atoms with van der Waals surface area (Å²) in [5.41, 5.74) is 6.17. The van der Waals surface area contributed by atoms with E-state index in [2.05, 4.69) is 0 Å². The molecule has 0 N–H and O–H groups in total. The van der Waals surface area contributed by atoms with Gasteiger partial charge in [-0.1, -0.05) is 23.8 Å². The second-order valence-electron chi connectivity index (χ2n) is 7.10. The molecule has 25 heavy (non-hydrogen) atoms. The van der Waals surface area contributed by atoms with E-state index in [9.17, 15) is 9.36 Å². The van der Waals surface area contributed by atoms with Gasteiger partial charge in [-0.2, -0.15) is 0 Å². The zero-order valence-electron chi connectivity index (χ0n) is 16.2. The molecule has 1 atom stereocenters. The van der Waals surface area contributed by atoms with Crippen molar-refractivity contribution in [3.05, 3.63) is 63.2 Å². The number of hydrogen-bond donors (Lipinski definition) is 0. The van der Waals surface area contributed by atoms with Gasteiger partial charge in [0.1, 0.15) is 5.75 Å². The van der Waals surface area contributed by atoms with Gasteiger partial charge in [-0.3, -0.25) is 4.79 Å². The number of benzene rings is 2. The highest BCUT2D eigenvalue weighted by Gasteiger charge is 2.31. The summed E-state index contributed by atoms with van der Waals surface area (Å²) in [5, 5.41) is 0. The summed E-state index contributed by atoms with van der Waals surface area (Å²) in [4.78, 5) is 13.1. The zero-order valence-corrected chi connectivity index (χ0v) is 17.1. The van der Waals surface area contributed by atoms with Gasteiger partial charge in [0.25, 0.3) is 0 Å². The third kappa shape index (κ3) is 4.04. The van der Waals surface area contributed by atoms with Gasteiger partial charge in [0, 0.05) is 17.3 Å². The number of aryl methyl sites for hydroxylation is 5. The van der Waals surface area contributed by atoms with Crippen LogP contribution in [0.5, 0.6) is 5.75 Å². The van der Waals surface area contributed by atoms with Crippen LogP contribution in [0.2, 0.25) is 0 Å². The predicted molar refractivity (Wildman–Crippen MR) is 105 cm³/mol. The Morgan fingerprint density at radius 3 is 1.92 bits per heavy atom. The number of carbonyl (C=O) groups excluding carboxylic acids is 1. The molecule has 0 bridgehead atoms. The van der Waals surface area contributed by atoms with E-state index in [0.29, 0.717) is 11.3 Å². The number of rotatable bonds is 5. The van der Waals surface area contributed by atoms with Crippen LogP contribution < -0.4 is 4.74 Å². The first-order valence-electron chi connectivity index (χ1n) is 8.40. The lowest BCUT2D eigenvalue weighted by molar-refractivity contribution is 0.107. The van der Waals surface area contributed by atoms with Gasteiger partial charge in [-0.05, 0) is 69.6 Å². The van der Waals surface area contributed by atoms with Crippen LogP contribution in [0, 0.1) is 34.6 Å². The standard InChI is InChI=1S/C21H27O3P/c1-13-9-16(4)20(17(5)10-13)21(22)25(7,23)12-18-15(3)8-14(2)11-19(18)24-6/h8-11H,12H2,1-7H3. The van der Waals surface area contributed by atoms with Crippen LogP contribution in [0.15, 0.2) is 24.3 Å². The molecule has 0 saturated heterocycles. The van der Waals surface area contributed by atoms with Crippen molar-refractivity contribution in [1.29, 1.82) is 0 Å². The number of ether oxygens (including phenoxy) is 1. The van der Waals surface area contributed by atoms with Crippen LogP contribution in [-0.4, -0.2) is 19.3 Å². The molecule has 0 aliphatic carbocycles. The highest BCUT2D eigenvalue weighted by Crippen LogP contribution is 2.51. The minimum atomic E-state index is -3.10. The molecular weight excluding hydrogens is 331 g/mol. The Balaban J connectivity index is 2.47. The van der Waals surface area contributed by atoms with Crippen LogP contribution in [-0.2, 0) is 10.7 Å². The smallest absolute Gasteiger partial charge is 0.221 e. The van der Waals surface area contributed by atoms with Gasteiger partial charge < -0.3 is 9.30 Å². The molecule has 0 amide bonds. The molecule has 0 aliphatic heterocycles. The fraction of sp³-hybridized carbons (Fsp3) is 0.381. The maximum Gasteiger partial charge on any atom is 0.221 e. The fourth-order valence-electron chi connectivity index (χ4n) is 3.47. The minimum absolute atomic E-state index is 0.216. The Morgan fingerprint density at radius 2 is 1.40 bits per heavy atom. The van der Waals surface area contributed by atoms with E-state index < -0.39 is 7.14 Å². The molecule has 0 saturated carbocycles. The third-order valence-electron chi connectivity index (χ3n) is 4.58. The van der Waals surface area contributed by atoms with Crippen LogP contribution in [0.1, 0.15) is 43.7 Å². The molecule has 0 aromatic heterocycles. The van der Waals surface area contributed by atoms with Gasteiger partial charge in [-0.25, -0.2) is 0 Å². The first-order valence-corrected chi connectivity index (χ1v) is 10.7. The van der Waals surface area contributed by atoms with Crippen LogP contribution in [0.25, 0.3) is 0 Å². The first kappa shape index (κ1) is 19.5. The Labute approximate surface area is 150 Å². The van der Waals surface area contributed by atoms with Crippen molar-refractivity contribution in [2.45, 2.75) is 40.8 Å². The van der Waals surface area contributed by atoms with E-state index in [1.54, 1.807) is 13.8 Å². The van der Waals surface area contributed by atoms with Gasteiger partial charge >= 0.3 is 0 Å². The number of hydrogen-bond acceptors (Lipinski definition) is 3. The summed E-state index contributed by atoms with van der Waals surface area (Å²) in [6, 6.07) is 7.90. The minimum Gasteiger partial charge on any atom is -0.496 e. The first-order chi connectivity index (χ1) is 11.6. The zero-order chi connectivity index (χ0) is 18.9. The second kappa shape index (κ2) is 7.17. The topological polar surface area (TPSA) is 43.4 Å². The summed E-state index contributed by atoms with van der Waals surface area (Å²) in [5.74, 6) is 0.699. The van der Waals surface area contributed by atoms with Gasteiger partial charge in [-0.15, -0.1) is 0 Å². The molecular formula is C21H27O3P. The Hall–Kier alpha value is -1.86. The lowest BCUT2D eigenvalue weighted by Crippen LogP contribution is -2.08. The van der Waals surface area contributed by atoms with Crippen molar-refractivity contribution in [3.8, 4) is 5.75 Å². The molecule has 0 heterocycles. The largest absolute Gasteiger partial charge is 0.496 e. The van der Waals surface area contributed by atoms with E-state index >= 15 is 0 Å². The molecule has 134 valence electrons. The molecule has 3 nitrogen and oxygen atoms in total. The summed E-state index contributed by atoms with van der Waals surface area (Å²) in [6.45, 7) is 11.4. The summed E-state index contributed by atoms with van der Waals surface area (Å²) in [7, 11) is -1.49. The highest BCUT2D eigenvalue weighted by atomic mass is 31.2. The van der Waals surface area contributed by atoms with Crippen LogP contribution in [0.3, 0.4) is 0 Å². The Kier molecular flexibility index (Phi) is 5.58. The Bertz CT molecular complexity index is 858.